The van der Waals surface area contributed by atoms with Gasteiger partial charge in [-0.05, 0) is 13.8 Å². The third-order valence-corrected chi connectivity index (χ3v) is 1.14. The largest absolute Gasteiger partial charge is 0.238 e. The number of halogens is 1. The van der Waals surface area contributed by atoms with E-state index in [1.165, 1.54) is 0 Å². The number of rotatable bonds is 0. The lowest BCUT2D eigenvalue weighted by Gasteiger charge is -1.85. The van der Waals surface area contributed by atoms with E-state index in [1.54, 1.807) is 13.8 Å². The van der Waals surface area contributed by atoms with Crippen molar-refractivity contribution in [2.24, 2.45) is 5.10 Å². The van der Waals surface area contributed by atoms with Crippen LogP contribution in [-0.2, 0) is 0 Å². The van der Waals surface area contributed by atoms with Crippen LogP contribution in [0.15, 0.2) is 16.4 Å². The highest BCUT2D eigenvalue weighted by atomic mass is 19.1. The van der Waals surface area contributed by atoms with Gasteiger partial charge < -0.3 is 0 Å². The van der Waals surface area contributed by atoms with E-state index in [2.05, 4.69) is 10.5 Å². The average molecular weight is 113 g/mol. The van der Waals surface area contributed by atoms with E-state index in [9.17, 15) is 4.39 Å². The van der Waals surface area contributed by atoms with Gasteiger partial charge >= 0.3 is 0 Å². The van der Waals surface area contributed by atoms with Crippen molar-refractivity contribution in [3.05, 3.63) is 11.3 Å². The van der Waals surface area contributed by atoms with E-state index in [4.69, 9.17) is 0 Å². The predicted octanol–water partition coefficient (Wildman–Crippen LogP) is 1.18. The Morgan fingerprint density at radius 2 is 2.00 bits per heavy atom. The van der Waals surface area contributed by atoms with E-state index in [1.807, 2.05) is 0 Å². The van der Waals surface area contributed by atoms with Gasteiger partial charge in [-0.25, -0.2) is 0 Å². The molecule has 1 rings (SSSR count). The van der Waals surface area contributed by atoms with Gasteiger partial charge in [-0.3, -0.25) is 0 Å². The van der Waals surface area contributed by atoms with E-state index in [-0.39, 0.29) is 0 Å². The summed E-state index contributed by atoms with van der Waals surface area (Å²) >= 11 is 0. The quantitative estimate of drug-likeness (QED) is 0.451. The topological polar surface area (TPSA) is 26.5 Å². The van der Waals surface area contributed by atoms with Gasteiger partial charge in [-0.15, -0.1) is 5.10 Å². The Balaban J connectivity index is 2.88. The van der Waals surface area contributed by atoms with Crippen LogP contribution in [-0.4, -0.2) is 5.97 Å². The molecule has 0 aliphatic carbocycles. The third-order valence-electron chi connectivity index (χ3n) is 1.14. The first-order valence-electron chi connectivity index (χ1n) is 2.34. The fourth-order valence-electron chi connectivity index (χ4n) is 0.418. The fraction of sp³-hybridized carbons (Fsp3) is 0.400. The summed E-state index contributed by atoms with van der Waals surface area (Å²) < 4.78 is 12.2. The van der Waals surface area contributed by atoms with Crippen molar-refractivity contribution in [2.45, 2.75) is 13.8 Å². The lowest BCUT2D eigenvalue weighted by molar-refractivity contribution is 0.785. The maximum absolute atomic E-state index is 12.2. The lowest BCUT2D eigenvalue weighted by Crippen LogP contribution is -1.86. The summed E-state index contributed by atoms with van der Waals surface area (Å²) in [5.74, 6) is -0.456. The van der Waals surface area contributed by atoms with Crippen molar-refractivity contribution in [3.63, 3.8) is 0 Å². The average Bonchev–Trinajstić information content (AvgIpc) is 1.98. The van der Waals surface area contributed by atoms with Crippen LogP contribution in [0.1, 0.15) is 13.8 Å². The molecular weight excluding hydrogens is 107 g/mol. The zero-order valence-corrected chi connectivity index (χ0v) is 4.77. The number of allylic oxidation sites excluding steroid dienone is 2. The van der Waals surface area contributed by atoms with Crippen molar-refractivity contribution in [1.82, 2.24) is 5.43 Å². The molecule has 0 aromatic heterocycles. The van der Waals surface area contributed by atoms with Gasteiger partial charge in [0.15, 0.2) is 0 Å². The molecule has 0 N–H and O–H groups in total. The Labute approximate surface area is 47.1 Å². The minimum absolute atomic E-state index is 0.456. The molecule has 0 amide bonds. The van der Waals surface area contributed by atoms with Gasteiger partial charge in [0.2, 0.25) is 5.97 Å². The maximum Gasteiger partial charge on any atom is 0.238 e. The molecule has 1 radical (unpaired) electrons. The van der Waals surface area contributed by atoms with E-state index < -0.39 is 5.97 Å². The van der Waals surface area contributed by atoms with Crippen LogP contribution >= 0.6 is 0 Å². The molecule has 0 spiro atoms. The zero-order chi connectivity index (χ0) is 6.15. The second kappa shape index (κ2) is 1.58. The van der Waals surface area contributed by atoms with Gasteiger partial charge in [-0.1, -0.05) is 0 Å². The van der Waals surface area contributed by atoms with Crippen LogP contribution in [0.5, 0.6) is 0 Å². The lowest BCUT2D eigenvalue weighted by atomic mass is 10.3. The van der Waals surface area contributed by atoms with Crippen LogP contribution < -0.4 is 5.43 Å². The van der Waals surface area contributed by atoms with Crippen LogP contribution in [0.25, 0.3) is 0 Å². The smallest absolute Gasteiger partial charge is 0.183 e. The van der Waals surface area contributed by atoms with Crippen LogP contribution in [0.3, 0.4) is 0 Å². The van der Waals surface area contributed by atoms with Crippen molar-refractivity contribution >= 4 is 5.97 Å². The molecule has 1 heterocycles. The van der Waals surface area contributed by atoms with Gasteiger partial charge in [0.1, 0.15) is 0 Å². The highest BCUT2D eigenvalue weighted by Crippen LogP contribution is 2.10. The van der Waals surface area contributed by atoms with Gasteiger partial charge in [-0.2, -0.15) is 9.82 Å². The first-order valence-corrected chi connectivity index (χ1v) is 2.34. The summed E-state index contributed by atoms with van der Waals surface area (Å²) in [6, 6.07) is 0. The molecule has 1 aliphatic heterocycles. The van der Waals surface area contributed by atoms with Crippen LogP contribution in [0.4, 0.5) is 4.39 Å². The molecule has 0 atom stereocenters. The molecule has 0 bridgehead atoms. The van der Waals surface area contributed by atoms with Crippen molar-refractivity contribution in [2.75, 3.05) is 0 Å². The monoisotopic (exact) mass is 113 g/mol. The van der Waals surface area contributed by atoms with Crippen molar-refractivity contribution in [1.29, 1.82) is 0 Å². The van der Waals surface area contributed by atoms with E-state index in [0.717, 1.165) is 0 Å². The minimum atomic E-state index is -0.456. The van der Waals surface area contributed by atoms with E-state index in [0.29, 0.717) is 11.3 Å². The molecule has 43 valence electrons. The normalized spacial score (nSPS) is 18.6. The second-order valence-electron chi connectivity index (χ2n) is 1.70. The molecular formula is C5H6FN2. The molecule has 0 fully saturated rings. The number of nitrogens with zero attached hydrogens (tertiary/aromatic N) is 2. The minimum Gasteiger partial charge on any atom is -0.183 e. The van der Waals surface area contributed by atoms with Gasteiger partial charge in [0, 0.05) is 5.57 Å². The molecule has 8 heavy (non-hydrogen) atoms. The highest BCUT2D eigenvalue weighted by Gasteiger charge is 2.11. The van der Waals surface area contributed by atoms with Crippen molar-refractivity contribution < 1.29 is 4.39 Å². The third kappa shape index (κ3) is 0.598. The van der Waals surface area contributed by atoms with Crippen molar-refractivity contribution in [3.8, 4) is 0 Å². The number of hydrogen-bond acceptors (Lipinski definition) is 1. The summed E-state index contributed by atoms with van der Waals surface area (Å²) in [4.78, 5) is 0. The van der Waals surface area contributed by atoms with Gasteiger partial charge in [0.05, 0.1) is 5.70 Å². The molecule has 0 saturated carbocycles. The Morgan fingerprint density at radius 1 is 1.38 bits per heavy atom. The molecule has 0 saturated heterocycles. The molecule has 0 unspecified atom stereocenters. The first kappa shape index (κ1) is 5.28. The number of hydrogen-bond donors (Lipinski definition) is 0. The fourth-order valence-corrected chi connectivity index (χ4v) is 0.418. The summed E-state index contributed by atoms with van der Waals surface area (Å²) in [6.07, 6.45) is 0. The standard InChI is InChI=1S/C5H6FN2/c1-3-4(2)7-8-5(3)6/h1-2H3. The maximum atomic E-state index is 12.2. The van der Waals surface area contributed by atoms with Crippen LogP contribution in [0.2, 0.25) is 0 Å². The second-order valence-corrected chi connectivity index (χ2v) is 1.70. The summed E-state index contributed by atoms with van der Waals surface area (Å²) in [7, 11) is 0. The molecule has 2 nitrogen and oxygen atoms in total. The predicted molar refractivity (Wildman–Crippen MR) is 29.1 cm³/mol. The molecule has 0 aromatic carbocycles. The SMILES string of the molecule is CC1=C(C)C(F)=N[N]1. The Bertz CT molecular complexity index is 164. The summed E-state index contributed by atoms with van der Waals surface area (Å²) in [6.45, 7) is 3.38. The molecule has 0 aromatic rings. The zero-order valence-electron chi connectivity index (χ0n) is 4.77. The Hall–Kier alpha value is -0.860. The van der Waals surface area contributed by atoms with Crippen LogP contribution in [0, 0.1) is 0 Å². The Morgan fingerprint density at radius 3 is 2.12 bits per heavy atom. The first-order chi connectivity index (χ1) is 3.72. The molecule has 3 heteroatoms. The Kier molecular flexibility index (Phi) is 1.04. The highest BCUT2D eigenvalue weighted by molar-refractivity contribution is 5.93. The summed E-state index contributed by atoms with van der Waals surface area (Å²) in [5.41, 5.74) is 4.71. The summed E-state index contributed by atoms with van der Waals surface area (Å²) in [5, 5.41) is 3.20. The molecule has 1 aliphatic rings. The van der Waals surface area contributed by atoms with E-state index >= 15 is 0 Å². The van der Waals surface area contributed by atoms with Gasteiger partial charge in [0.25, 0.3) is 0 Å².